The van der Waals surface area contributed by atoms with Crippen molar-refractivity contribution >= 4 is 44.4 Å². The van der Waals surface area contributed by atoms with Crippen molar-refractivity contribution in [2.24, 2.45) is 0 Å². The zero-order valence-corrected chi connectivity index (χ0v) is 22.4. The van der Waals surface area contributed by atoms with Crippen LogP contribution in [0.2, 0.25) is 0 Å². The Bertz CT molecular complexity index is 1300. The molecule has 0 spiro atoms. The second-order valence-electron chi connectivity index (χ2n) is 8.73. The van der Waals surface area contributed by atoms with Gasteiger partial charge in [-0.05, 0) is 37.3 Å². The van der Waals surface area contributed by atoms with Crippen LogP contribution in [-0.2, 0) is 32.3 Å². The average Bonchev–Trinajstić information content (AvgIpc) is 3.27. The normalized spacial score (nSPS) is 14.5. The molecule has 0 radical (unpaired) electrons. The Balaban J connectivity index is 1.40. The average molecular weight is 533 g/mol. The maximum atomic E-state index is 12.5. The van der Waals surface area contributed by atoms with E-state index in [9.17, 15) is 13.2 Å². The van der Waals surface area contributed by atoms with Crippen LogP contribution in [-0.4, -0.2) is 77.9 Å². The molecular weight excluding hydrogens is 500 g/mol. The third kappa shape index (κ3) is 5.98. The molecule has 0 saturated carbocycles. The third-order valence-corrected chi connectivity index (χ3v) is 8.82. The lowest BCUT2D eigenvalue weighted by Gasteiger charge is -2.28. The van der Waals surface area contributed by atoms with Crippen LogP contribution < -0.4 is 10.2 Å². The highest BCUT2D eigenvalue weighted by Gasteiger charge is 2.21. The van der Waals surface area contributed by atoms with Crippen LogP contribution in [0, 0.1) is 0 Å². The van der Waals surface area contributed by atoms with Crippen LogP contribution >= 0.6 is 11.8 Å². The molecule has 3 heterocycles. The van der Waals surface area contributed by atoms with Crippen LogP contribution in [0.25, 0.3) is 11.0 Å². The highest BCUT2D eigenvalue weighted by Crippen LogP contribution is 2.27. The van der Waals surface area contributed by atoms with Gasteiger partial charge in [0.2, 0.25) is 5.91 Å². The van der Waals surface area contributed by atoms with Gasteiger partial charge in [0.05, 0.1) is 47.9 Å². The number of thioether (sulfide) groups is 1. The number of sulfone groups is 1. The molecule has 1 amide bonds. The fourth-order valence-corrected chi connectivity index (χ4v) is 5.53. The summed E-state index contributed by atoms with van der Waals surface area (Å²) in [5, 5.41) is 8.55. The summed E-state index contributed by atoms with van der Waals surface area (Å²) in [4.78, 5) is 24.5. The molecule has 36 heavy (non-hydrogen) atoms. The molecule has 2 aromatic heterocycles. The lowest BCUT2D eigenvalue weighted by atomic mass is 10.1. The summed E-state index contributed by atoms with van der Waals surface area (Å²) >= 11 is 1.59. The molecule has 1 aliphatic rings. The van der Waals surface area contributed by atoms with Gasteiger partial charge in [0.15, 0.2) is 20.6 Å². The van der Waals surface area contributed by atoms with Gasteiger partial charge in [-0.1, -0.05) is 30.8 Å². The topological polar surface area (TPSA) is 119 Å². The van der Waals surface area contributed by atoms with E-state index in [1.54, 1.807) is 60.8 Å². The van der Waals surface area contributed by atoms with Gasteiger partial charge in [-0.3, -0.25) is 4.79 Å². The molecule has 1 fully saturated rings. The van der Waals surface area contributed by atoms with E-state index in [1.165, 1.54) is 0 Å². The fraction of sp³-hybridized carbons (Fsp3) is 0.500. The SMILES string of the molecule is CCSc1nc(N2CCOCC2)c2cnn(CCNC(=O)Cc3ccc(S(=O)(=O)C(C)C)cc3)c2n1. The highest BCUT2D eigenvalue weighted by molar-refractivity contribution is 7.99. The molecule has 0 bridgehead atoms. The van der Waals surface area contributed by atoms with Crippen LogP contribution in [0.4, 0.5) is 5.82 Å². The van der Waals surface area contributed by atoms with Crippen molar-refractivity contribution in [3.05, 3.63) is 36.0 Å². The summed E-state index contributed by atoms with van der Waals surface area (Å²) in [6, 6.07) is 6.50. The fourth-order valence-electron chi connectivity index (χ4n) is 3.91. The van der Waals surface area contributed by atoms with Crippen molar-refractivity contribution in [1.29, 1.82) is 0 Å². The third-order valence-electron chi connectivity index (χ3n) is 5.92. The summed E-state index contributed by atoms with van der Waals surface area (Å²) in [6.07, 6.45) is 1.96. The minimum atomic E-state index is -3.33. The first-order chi connectivity index (χ1) is 17.3. The number of amides is 1. The number of benzene rings is 1. The number of hydrogen-bond acceptors (Lipinski definition) is 9. The van der Waals surface area contributed by atoms with Gasteiger partial charge < -0.3 is 15.0 Å². The molecule has 1 aromatic carbocycles. The van der Waals surface area contributed by atoms with Gasteiger partial charge in [0, 0.05) is 19.6 Å². The molecule has 3 aromatic rings. The summed E-state index contributed by atoms with van der Waals surface area (Å²) in [5.74, 6) is 1.59. The number of hydrogen-bond donors (Lipinski definition) is 1. The second-order valence-corrected chi connectivity index (χ2v) is 12.5. The smallest absolute Gasteiger partial charge is 0.224 e. The van der Waals surface area contributed by atoms with E-state index in [0.29, 0.717) is 31.5 Å². The Labute approximate surface area is 215 Å². The van der Waals surface area contributed by atoms with Crippen molar-refractivity contribution in [3.8, 4) is 0 Å². The number of morpholine rings is 1. The largest absolute Gasteiger partial charge is 0.378 e. The van der Waals surface area contributed by atoms with Crippen LogP contribution in [0.5, 0.6) is 0 Å². The summed E-state index contributed by atoms with van der Waals surface area (Å²) in [5.41, 5.74) is 1.50. The van der Waals surface area contributed by atoms with Crippen LogP contribution in [0.3, 0.4) is 0 Å². The number of carbonyl (C=O) groups excluding carboxylic acids is 1. The van der Waals surface area contributed by atoms with E-state index in [4.69, 9.17) is 14.7 Å². The van der Waals surface area contributed by atoms with Crippen molar-refractivity contribution in [1.82, 2.24) is 25.1 Å². The van der Waals surface area contributed by atoms with E-state index in [-0.39, 0.29) is 17.2 Å². The van der Waals surface area contributed by atoms with E-state index < -0.39 is 15.1 Å². The summed E-state index contributed by atoms with van der Waals surface area (Å²) < 4.78 is 31.8. The number of anilines is 1. The maximum Gasteiger partial charge on any atom is 0.224 e. The molecule has 1 N–H and O–H groups in total. The number of ether oxygens (including phenoxy) is 1. The highest BCUT2D eigenvalue weighted by atomic mass is 32.2. The second kappa shape index (κ2) is 11.6. The van der Waals surface area contributed by atoms with Gasteiger partial charge in [-0.15, -0.1) is 0 Å². The first kappa shape index (κ1) is 26.4. The molecule has 4 rings (SSSR count). The molecule has 10 nitrogen and oxygen atoms in total. The van der Waals surface area contributed by atoms with Gasteiger partial charge in [0.1, 0.15) is 5.82 Å². The summed E-state index contributed by atoms with van der Waals surface area (Å²) in [6.45, 7) is 9.10. The number of fused-ring (bicyclic) bond motifs is 1. The summed E-state index contributed by atoms with van der Waals surface area (Å²) in [7, 11) is -3.33. The Hall–Kier alpha value is -2.70. The number of aromatic nitrogens is 4. The molecule has 0 atom stereocenters. The number of nitrogens with one attached hydrogen (secondary N) is 1. The number of nitrogens with zero attached hydrogens (tertiary/aromatic N) is 5. The molecule has 0 unspecified atom stereocenters. The molecule has 12 heteroatoms. The van der Waals surface area contributed by atoms with Gasteiger partial charge in [-0.25, -0.2) is 23.1 Å². The van der Waals surface area contributed by atoms with Crippen LogP contribution in [0.15, 0.2) is 40.5 Å². The van der Waals surface area contributed by atoms with Crippen molar-refractivity contribution in [2.75, 3.05) is 43.5 Å². The minimum Gasteiger partial charge on any atom is -0.378 e. The lowest BCUT2D eigenvalue weighted by Crippen LogP contribution is -2.37. The predicted octanol–water partition coefficient (Wildman–Crippen LogP) is 2.32. The minimum absolute atomic E-state index is 0.142. The lowest BCUT2D eigenvalue weighted by molar-refractivity contribution is -0.120. The van der Waals surface area contributed by atoms with Crippen molar-refractivity contribution < 1.29 is 17.9 Å². The van der Waals surface area contributed by atoms with E-state index in [1.807, 2.05) is 0 Å². The van der Waals surface area contributed by atoms with Crippen molar-refractivity contribution in [3.63, 3.8) is 0 Å². The number of rotatable bonds is 10. The maximum absolute atomic E-state index is 12.5. The number of carbonyl (C=O) groups is 1. The molecule has 194 valence electrons. The predicted molar refractivity (Wildman–Crippen MR) is 140 cm³/mol. The first-order valence-electron chi connectivity index (χ1n) is 12.1. The standard InChI is InChI=1S/C24H32N6O4S2/c1-4-35-24-27-22(29-11-13-34-14-12-29)20-16-26-30(23(20)28-24)10-9-25-21(31)15-18-5-7-19(8-6-18)36(32,33)17(2)3/h5-8,16-17H,4,9-15H2,1-3H3,(H,25,31). The van der Waals surface area contributed by atoms with Crippen molar-refractivity contribution in [2.45, 2.75) is 49.0 Å². The quantitative estimate of drug-likeness (QED) is 0.310. The Morgan fingerprint density at radius 2 is 1.89 bits per heavy atom. The zero-order valence-electron chi connectivity index (χ0n) is 20.8. The molecule has 0 aliphatic carbocycles. The van der Waals surface area contributed by atoms with E-state index in [2.05, 4.69) is 22.2 Å². The van der Waals surface area contributed by atoms with Crippen LogP contribution in [0.1, 0.15) is 26.3 Å². The first-order valence-corrected chi connectivity index (χ1v) is 14.6. The molecule has 1 aliphatic heterocycles. The molecular formula is C24H32N6O4S2. The van der Waals surface area contributed by atoms with Gasteiger partial charge >= 0.3 is 0 Å². The van der Waals surface area contributed by atoms with E-state index in [0.717, 1.165) is 41.3 Å². The zero-order chi connectivity index (χ0) is 25.7. The van der Waals surface area contributed by atoms with Gasteiger partial charge in [0.25, 0.3) is 0 Å². The Morgan fingerprint density at radius 1 is 1.17 bits per heavy atom. The van der Waals surface area contributed by atoms with Gasteiger partial charge in [-0.2, -0.15) is 5.10 Å². The molecule has 1 saturated heterocycles. The Kier molecular flexibility index (Phi) is 8.47. The Morgan fingerprint density at radius 3 is 2.56 bits per heavy atom. The monoisotopic (exact) mass is 532 g/mol. The van der Waals surface area contributed by atoms with E-state index >= 15 is 0 Å².